The van der Waals surface area contributed by atoms with Crippen LogP contribution in [-0.2, 0) is 20.5 Å². The van der Waals surface area contributed by atoms with Gasteiger partial charge >= 0.3 is 6.18 Å². The number of hydrogen-bond acceptors (Lipinski definition) is 9. The van der Waals surface area contributed by atoms with E-state index in [1.165, 1.54) is 28.0 Å². The molecule has 3 unspecified atom stereocenters. The number of ether oxygens (including phenoxy) is 2. The third-order valence-corrected chi connectivity index (χ3v) is 11.8. The molecule has 12 nitrogen and oxygen atoms in total. The predicted molar refractivity (Wildman–Crippen MR) is 213 cm³/mol. The second kappa shape index (κ2) is 17.8. The highest BCUT2D eigenvalue weighted by Gasteiger charge is 2.48. The molecule has 0 bridgehead atoms. The van der Waals surface area contributed by atoms with Gasteiger partial charge in [-0.2, -0.15) is 18.4 Å². The maximum absolute atomic E-state index is 14.7. The molecule has 4 fully saturated rings. The van der Waals surface area contributed by atoms with Crippen molar-refractivity contribution >= 4 is 29.2 Å². The average Bonchev–Trinajstić information content (AvgIpc) is 3.72. The molecular weight excluding hydrogens is 783 g/mol. The minimum Gasteiger partial charge on any atom is -0.493 e. The lowest BCUT2D eigenvalue weighted by Gasteiger charge is -2.47. The number of likely N-dealkylation sites (N-methyl/N-ethyl adjacent to an activating group) is 1. The monoisotopic (exact) mass is 829 g/mol. The Morgan fingerprint density at radius 3 is 2.45 bits per heavy atom. The second-order valence-electron chi connectivity index (χ2n) is 15.7. The molecule has 0 aliphatic carbocycles. The number of halogens is 4. The molecule has 0 saturated carbocycles. The molecule has 0 aromatic heterocycles. The summed E-state index contributed by atoms with van der Waals surface area (Å²) in [7, 11) is 0. The number of carbonyl (C=O) groups is 3. The van der Waals surface area contributed by atoms with E-state index in [1.54, 1.807) is 31.2 Å². The van der Waals surface area contributed by atoms with Crippen LogP contribution in [0.4, 0.5) is 23.2 Å². The van der Waals surface area contributed by atoms with Crippen LogP contribution in [0.5, 0.6) is 5.75 Å². The number of nitrogens with one attached hydrogen (secondary N) is 1. The molecule has 3 N–H and O–H groups in total. The highest BCUT2D eigenvalue weighted by molar-refractivity contribution is 6.18. The molecule has 4 saturated heterocycles. The van der Waals surface area contributed by atoms with E-state index in [4.69, 9.17) is 20.2 Å². The lowest BCUT2D eigenvalue weighted by Crippen LogP contribution is -2.59. The molecule has 60 heavy (non-hydrogen) atoms. The van der Waals surface area contributed by atoms with E-state index in [-0.39, 0.29) is 41.3 Å². The fourth-order valence-corrected chi connectivity index (χ4v) is 8.40. The molecule has 0 radical (unpaired) electrons. The number of hydrogen-bond donors (Lipinski definition) is 2. The summed E-state index contributed by atoms with van der Waals surface area (Å²) in [5, 5.41) is 12.5. The van der Waals surface area contributed by atoms with Crippen LogP contribution in [0.3, 0.4) is 0 Å². The first kappa shape index (κ1) is 42.3. The van der Waals surface area contributed by atoms with Crippen molar-refractivity contribution < 1.29 is 41.4 Å². The van der Waals surface area contributed by atoms with Crippen molar-refractivity contribution in [3.63, 3.8) is 0 Å². The second-order valence-corrected chi connectivity index (χ2v) is 15.7. The minimum absolute atomic E-state index is 0.00841. The Balaban J connectivity index is 1.24. The molecule has 3 atom stereocenters. The number of likely N-dealkylation sites (tertiary alicyclic amines) is 3. The number of nitrogens with zero attached hydrogens (tertiary/aromatic N) is 5. The number of amidine groups is 1. The summed E-state index contributed by atoms with van der Waals surface area (Å²) in [5.41, 5.74) is 6.00. The zero-order valence-corrected chi connectivity index (χ0v) is 33.2. The molecule has 3 amide bonds. The smallest absolute Gasteiger partial charge is 0.416 e. The quantitative estimate of drug-likeness (QED) is 0.137. The Morgan fingerprint density at radius 1 is 1.05 bits per heavy atom. The summed E-state index contributed by atoms with van der Waals surface area (Å²) in [6.45, 7) is 6.92. The lowest BCUT2D eigenvalue weighted by atomic mass is 9.77. The van der Waals surface area contributed by atoms with E-state index in [9.17, 15) is 37.2 Å². The molecule has 4 heterocycles. The van der Waals surface area contributed by atoms with Gasteiger partial charge in [-0.25, -0.2) is 9.38 Å². The third kappa shape index (κ3) is 9.02. The van der Waals surface area contributed by atoms with Gasteiger partial charge in [0.1, 0.15) is 35.2 Å². The van der Waals surface area contributed by atoms with Gasteiger partial charge in [-0.3, -0.25) is 19.3 Å². The molecule has 3 aromatic rings. The van der Waals surface area contributed by atoms with Gasteiger partial charge in [-0.05, 0) is 100 Å². The van der Waals surface area contributed by atoms with Crippen molar-refractivity contribution in [2.75, 3.05) is 52.5 Å². The molecule has 7 rings (SSSR count). The van der Waals surface area contributed by atoms with Crippen LogP contribution >= 0.6 is 0 Å². The van der Waals surface area contributed by atoms with Gasteiger partial charge in [0.2, 0.25) is 0 Å². The number of alkyl halides is 3. The summed E-state index contributed by atoms with van der Waals surface area (Å²) in [6.07, 6.45) is -0.734. The van der Waals surface area contributed by atoms with E-state index in [0.717, 1.165) is 76.4 Å². The van der Waals surface area contributed by atoms with Crippen molar-refractivity contribution in [2.45, 2.75) is 63.2 Å². The summed E-state index contributed by atoms with van der Waals surface area (Å²) >= 11 is 0. The first-order valence-electron chi connectivity index (χ1n) is 20.2. The molecule has 4 aliphatic rings. The zero-order valence-electron chi connectivity index (χ0n) is 33.2. The molecule has 4 aliphatic heterocycles. The number of benzene rings is 3. The average molecular weight is 830 g/mol. The van der Waals surface area contributed by atoms with Gasteiger partial charge in [0, 0.05) is 48.2 Å². The predicted octanol–water partition coefficient (Wildman–Crippen LogP) is 5.93. The van der Waals surface area contributed by atoms with Crippen LogP contribution in [0.2, 0.25) is 0 Å². The Morgan fingerprint density at radius 2 is 1.78 bits per heavy atom. The summed E-state index contributed by atoms with van der Waals surface area (Å²) in [4.78, 5) is 52.7. The number of amides is 3. The fraction of sp³-hybridized carbons (Fsp3) is 0.432. The summed E-state index contributed by atoms with van der Waals surface area (Å²) in [6, 6.07) is 15.5. The van der Waals surface area contributed by atoms with Gasteiger partial charge < -0.3 is 30.3 Å². The van der Waals surface area contributed by atoms with Crippen LogP contribution in [0, 0.1) is 22.6 Å². The first-order valence-corrected chi connectivity index (χ1v) is 20.2. The van der Waals surface area contributed by atoms with Crippen LogP contribution < -0.4 is 15.8 Å². The van der Waals surface area contributed by atoms with E-state index < -0.39 is 53.3 Å². The van der Waals surface area contributed by atoms with Crippen molar-refractivity contribution in [3.8, 4) is 11.8 Å². The molecule has 16 heteroatoms. The van der Waals surface area contributed by atoms with Gasteiger partial charge in [-0.15, -0.1) is 0 Å². The van der Waals surface area contributed by atoms with Crippen LogP contribution in [0.1, 0.15) is 66.4 Å². The Labute approximate surface area is 345 Å². The Hall–Kier alpha value is -5.79. The maximum atomic E-state index is 14.7. The van der Waals surface area contributed by atoms with Crippen molar-refractivity contribution in [3.05, 3.63) is 107 Å². The van der Waals surface area contributed by atoms with Crippen molar-refractivity contribution in [1.29, 1.82) is 5.26 Å². The largest absolute Gasteiger partial charge is 0.493 e. The maximum Gasteiger partial charge on any atom is 0.416 e. The van der Waals surface area contributed by atoms with Crippen LogP contribution in [0.15, 0.2) is 89.1 Å². The van der Waals surface area contributed by atoms with Crippen molar-refractivity contribution in [2.24, 2.45) is 16.1 Å². The van der Waals surface area contributed by atoms with Gasteiger partial charge in [0.05, 0.1) is 37.1 Å². The Bertz CT molecular complexity index is 2190. The van der Waals surface area contributed by atoms with Gasteiger partial charge in [0.25, 0.3) is 17.7 Å². The summed E-state index contributed by atoms with van der Waals surface area (Å²) in [5.74, 6) is -3.83. The summed E-state index contributed by atoms with van der Waals surface area (Å²) < 4.78 is 67.0. The van der Waals surface area contributed by atoms with Gasteiger partial charge in [0.15, 0.2) is 0 Å². The molecule has 1 spiro atoms. The van der Waals surface area contributed by atoms with Crippen LogP contribution in [0.25, 0.3) is 0 Å². The Kier molecular flexibility index (Phi) is 12.6. The van der Waals surface area contributed by atoms with E-state index in [2.05, 4.69) is 16.3 Å². The molecular formula is C44H47F4N7O5. The lowest BCUT2D eigenvalue weighted by molar-refractivity contribution is -0.139. The van der Waals surface area contributed by atoms with E-state index in [0.29, 0.717) is 42.4 Å². The number of aliphatic imine (C=N–C) groups is 1. The number of piperidine rings is 2. The highest BCUT2D eigenvalue weighted by atomic mass is 19.4. The molecule has 316 valence electrons. The number of nitrogens with two attached hydrogens (primary N) is 1. The van der Waals surface area contributed by atoms with E-state index >= 15 is 0 Å². The normalized spacial score (nSPS) is 23.3. The fourth-order valence-electron chi connectivity index (χ4n) is 8.40. The third-order valence-electron chi connectivity index (χ3n) is 11.8. The number of carbonyl (C=O) groups excluding carboxylic acids is 3. The van der Waals surface area contributed by atoms with Crippen molar-refractivity contribution in [1.82, 2.24) is 20.0 Å². The van der Waals surface area contributed by atoms with Crippen LogP contribution in [-0.4, -0.2) is 103 Å². The zero-order chi connectivity index (χ0) is 42.6. The highest BCUT2D eigenvalue weighted by Crippen LogP contribution is 2.40. The standard InChI is InChI=1S/C44H47F4N7O5/c1-2-54-39(51-32-9-4-11-34(24-32)60-22-6-18-53-20-16-43(17-21-53)26-59-27-43)36(37(50)41(57)55-19-5-10-33(55)25-49)35(28-12-14-31(45)15-13-28)38(42(54)58)52-40(56)29-7-3-8-30(23-29)44(46,47)48/h3-4,7-9,11-15,23-24,33,35,38H,2,5-6,10,16-22,26-27,50H2,1H3,(H,52,56)/b37-36-,51-39?. The van der Waals surface area contributed by atoms with Gasteiger partial charge in [-0.1, -0.05) is 24.3 Å². The first-order chi connectivity index (χ1) is 28.8. The number of nitriles is 1. The number of rotatable bonds is 11. The minimum atomic E-state index is -4.75. The molecule has 3 aromatic carbocycles. The topological polar surface area (TPSA) is 154 Å². The SMILES string of the molecule is CCN1C(=O)C(NC(=O)c2cccc(C(F)(F)F)c2)C(c2ccc(F)cc2)/C(=C(/N)C(=O)N2CCCC2C#N)C1=Nc1cccc(OCCCN2CCC3(CC2)COC3)c1. The van der Waals surface area contributed by atoms with E-state index in [1.807, 2.05) is 0 Å².